The third kappa shape index (κ3) is 5.83. The van der Waals surface area contributed by atoms with E-state index in [1.54, 1.807) is 18.3 Å². The van der Waals surface area contributed by atoms with E-state index in [0.29, 0.717) is 69.3 Å². The van der Waals surface area contributed by atoms with E-state index in [0.717, 1.165) is 4.57 Å². The van der Waals surface area contributed by atoms with Crippen LogP contribution in [0, 0.1) is 0 Å². The summed E-state index contributed by atoms with van der Waals surface area (Å²) in [5.74, 6) is 0.529. The van der Waals surface area contributed by atoms with Gasteiger partial charge in [0.25, 0.3) is 5.56 Å². The molecule has 0 spiro atoms. The summed E-state index contributed by atoms with van der Waals surface area (Å²) in [7, 11) is 4.45. The lowest BCUT2D eigenvalue weighted by atomic mass is 10.0. The summed E-state index contributed by atoms with van der Waals surface area (Å²) in [6, 6.07) is 10.7. The molecule has 3 aromatic heterocycles. The number of ether oxygens (including phenoxy) is 2. The van der Waals surface area contributed by atoms with Gasteiger partial charge in [-0.1, -0.05) is 53.5 Å². The molecular weight excluding hydrogens is 635 g/mol. The number of hydrogen-bond acceptors (Lipinski definition) is 11. The number of nitrogens with zero attached hydrogens (tertiary/aromatic N) is 6. The Kier molecular flexibility index (Phi) is 9.02. The number of aryl methyl sites for hydroxylation is 1. The highest BCUT2D eigenvalue weighted by molar-refractivity contribution is 6.39. The number of aromatic nitrogens is 6. The molecule has 1 saturated heterocycles. The highest BCUT2D eigenvalue weighted by Gasteiger charge is 2.24. The van der Waals surface area contributed by atoms with Crippen molar-refractivity contribution in [3.05, 3.63) is 85.5 Å². The Bertz CT molecular complexity index is 2070. The molecule has 238 valence electrons. The van der Waals surface area contributed by atoms with Gasteiger partial charge < -0.3 is 25.2 Å². The fourth-order valence-corrected chi connectivity index (χ4v) is 5.99. The first-order chi connectivity index (χ1) is 22.2. The molecule has 3 N–H and O–H groups in total. The van der Waals surface area contributed by atoms with Gasteiger partial charge in [0.1, 0.15) is 23.2 Å². The molecule has 0 bridgehead atoms. The van der Waals surface area contributed by atoms with E-state index in [2.05, 4.69) is 30.6 Å². The maximum absolute atomic E-state index is 13.0. The lowest BCUT2D eigenvalue weighted by molar-refractivity contribution is -0.0281. The fraction of sp³-hybridized carbons (Fsp3) is 0.290. The summed E-state index contributed by atoms with van der Waals surface area (Å²) in [5, 5.41) is 17.5. The van der Waals surface area contributed by atoms with E-state index < -0.39 is 17.4 Å². The predicted molar refractivity (Wildman–Crippen MR) is 175 cm³/mol. The van der Waals surface area contributed by atoms with E-state index in [1.807, 2.05) is 24.3 Å². The van der Waals surface area contributed by atoms with Gasteiger partial charge in [-0.3, -0.25) is 18.9 Å². The third-order valence-corrected chi connectivity index (χ3v) is 8.73. The Morgan fingerprint density at radius 2 is 1.76 bits per heavy atom. The standard InChI is InChI=1S/C31H30Cl2N8O5/c1-40-28-24(30(43)41(2)31(40)44)27(36-15-37-28)38-20-9-5-7-17(26(20)33)16-6-4-8-18(25(16)32)21-12-35-22(29(39-21)45-3)13-34-19-10-11-46-14-23(19)42/h4-9,12,15,19,23,34,42H,10-11,13-14H2,1-3H3,(H,36,37,38). The fourth-order valence-electron chi connectivity index (χ4n) is 5.39. The van der Waals surface area contributed by atoms with Crippen molar-refractivity contribution in [3.8, 4) is 28.3 Å². The average molecular weight is 666 g/mol. The zero-order valence-corrected chi connectivity index (χ0v) is 26.6. The Morgan fingerprint density at radius 1 is 1.02 bits per heavy atom. The summed E-state index contributed by atoms with van der Waals surface area (Å²) in [6.45, 7) is 1.22. The molecule has 2 atom stereocenters. The van der Waals surface area contributed by atoms with Crippen LogP contribution in [-0.4, -0.2) is 66.6 Å². The quantitative estimate of drug-likeness (QED) is 0.223. The van der Waals surface area contributed by atoms with E-state index in [9.17, 15) is 14.7 Å². The largest absolute Gasteiger partial charge is 0.480 e. The minimum atomic E-state index is -0.600. The van der Waals surface area contributed by atoms with E-state index in [4.69, 9.17) is 32.7 Å². The van der Waals surface area contributed by atoms with Crippen molar-refractivity contribution in [1.29, 1.82) is 0 Å². The zero-order valence-electron chi connectivity index (χ0n) is 25.1. The molecule has 4 heterocycles. The molecule has 0 saturated carbocycles. The lowest BCUT2D eigenvalue weighted by Gasteiger charge is -2.28. The molecule has 6 rings (SSSR count). The molecule has 13 nitrogen and oxygen atoms in total. The lowest BCUT2D eigenvalue weighted by Crippen LogP contribution is -2.46. The first-order valence-electron chi connectivity index (χ1n) is 14.3. The number of halogens is 2. The number of rotatable bonds is 8. The molecule has 0 amide bonds. The van der Waals surface area contributed by atoms with Gasteiger partial charge in [-0.05, 0) is 12.5 Å². The van der Waals surface area contributed by atoms with Crippen LogP contribution in [0.3, 0.4) is 0 Å². The second-order valence-corrected chi connectivity index (χ2v) is 11.5. The predicted octanol–water partition coefficient (Wildman–Crippen LogP) is 3.45. The summed E-state index contributed by atoms with van der Waals surface area (Å²) in [4.78, 5) is 43.1. The van der Waals surface area contributed by atoms with Crippen LogP contribution < -0.4 is 26.6 Å². The molecule has 0 aliphatic carbocycles. The smallest absolute Gasteiger partial charge is 0.332 e. The van der Waals surface area contributed by atoms with Crippen molar-refractivity contribution in [1.82, 2.24) is 34.4 Å². The van der Waals surface area contributed by atoms with Crippen molar-refractivity contribution in [2.45, 2.75) is 25.1 Å². The molecule has 1 aliphatic heterocycles. The van der Waals surface area contributed by atoms with Crippen LogP contribution in [0.5, 0.6) is 5.88 Å². The van der Waals surface area contributed by atoms with Gasteiger partial charge in [0.2, 0.25) is 5.88 Å². The Balaban J connectivity index is 1.32. The Labute approximate surface area is 272 Å². The Morgan fingerprint density at radius 3 is 2.52 bits per heavy atom. The summed E-state index contributed by atoms with van der Waals surface area (Å²) in [5.41, 5.74) is 2.57. The van der Waals surface area contributed by atoms with Crippen LogP contribution in [-0.2, 0) is 25.4 Å². The molecular formula is C31H30Cl2N8O5. The average Bonchev–Trinajstić information content (AvgIpc) is 3.07. The number of benzene rings is 2. The van der Waals surface area contributed by atoms with Crippen molar-refractivity contribution >= 4 is 45.7 Å². The van der Waals surface area contributed by atoms with E-state index >= 15 is 0 Å². The van der Waals surface area contributed by atoms with E-state index in [-0.39, 0.29) is 29.5 Å². The highest BCUT2D eigenvalue weighted by Crippen LogP contribution is 2.42. The van der Waals surface area contributed by atoms with Gasteiger partial charge >= 0.3 is 5.69 Å². The Hall–Kier alpha value is -4.40. The maximum Gasteiger partial charge on any atom is 0.332 e. The summed E-state index contributed by atoms with van der Waals surface area (Å²) in [6.07, 6.45) is 2.98. The topological polar surface area (TPSA) is 158 Å². The number of aliphatic hydroxyl groups excluding tert-OH is 1. The number of nitrogens with one attached hydrogen (secondary N) is 2. The maximum atomic E-state index is 13.0. The number of hydrogen-bond donors (Lipinski definition) is 3. The third-order valence-electron chi connectivity index (χ3n) is 7.92. The molecule has 0 radical (unpaired) electrons. The van der Waals surface area contributed by atoms with Gasteiger partial charge in [0.05, 0.1) is 47.4 Å². The van der Waals surface area contributed by atoms with Gasteiger partial charge in [-0.15, -0.1) is 0 Å². The van der Waals surface area contributed by atoms with Crippen LogP contribution in [0.4, 0.5) is 11.5 Å². The van der Waals surface area contributed by atoms with Crippen LogP contribution in [0.25, 0.3) is 33.4 Å². The first-order valence-corrected chi connectivity index (χ1v) is 15.1. The summed E-state index contributed by atoms with van der Waals surface area (Å²) >= 11 is 13.9. The summed E-state index contributed by atoms with van der Waals surface area (Å²) < 4.78 is 13.1. The van der Waals surface area contributed by atoms with Gasteiger partial charge in [0.15, 0.2) is 5.65 Å². The number of fused-ring (bicyclic) bond motifs is 1. The number of aliphatic hydroxyl groups is 1. The SMILES string of the molecule is COc1nc(-c2cccc(-c3cccc(Nc4ncnc5c4c(=O)n(C)c(=O)n5C)c3Cl)c2Cl)cnc1CNC1CCOCC1O. The monoisotopic (exact) mass is 664 g/mol. The molecule has 2 unspecified atom stereocenters. The number of methoxy groups -OCH3 is 1. The molecule has 1 fully saturated rings. The molecule has 2 aromatic carbocycles. The molecule has 1 aliphatic rings. The normalized spacial score (nSPS) is 16.5. The second-order valence-electron chi connectivity index (χ2n) is 10.7. The van der Waals surface area contributed by atoms with Crippen molar-refractivity contribution in [2.24, 2.45) is 14.1 Å². The molecule has 5 aromatic rings. The molecule has 46 heavy (non-hydrogen) atoms. The number of anilines is 2. The van der Waals surface area contributed by atoms with Crippen molar-refractivity contribution in [2.75, 3.05) is 25.6 Å². The van der Waals surface area contributed by atoms with Crippen LogP contribution in [0.15, 0.2) is 58.5 Å². The van der Waals surface area contributed by atoms with Crippen molar-refractivity contribution < 1.29 is 14.6 Å². The van der Waals surface area contributed by atoms with Gasteiger partial charge in [-0.25, -0.2) is 19.7 Å². The van der Waals surface area contributed by atoms with Crippen LogP contribution >= 0.6 is 23.2 Å². The van der Waals surface area contributed by atoms with Crippen molar-refractivity contribution in [3.63, 3.8) is 0 Å². The minimum absolute atomic E-state index is 0.117. The first kappa shape index (κ1) is 31.6. The van der Waals surface area contributed by atoms with Gasteiger partial charge in [0, 0.05) is 50.0 Å². The highest BCUT2D eigenvalue weighted by atomic mass is 35.5. The van der Waals surface area contributed by atoms with Crippen LogP contribution in [0.1, 0.15) is 12.1 Å². The molecule has 15 heteroatoms. The zero-order chi connectivity index (χ0) is 32.5. The van der Waals surface area contributed by atoms with Gasteiger partial charge in [-0.2, -0.15) is 0 Å². The van der Waals surface area contributed by atoms with E-state index in [1.165, 1.54) is 32.1 Å². The van der Waals surface area contributed by atoms with Crippen LogP contribution in [0.2, 0.25) is 10.0 Å². The second kappa shape index (κ2) is 13.1. The minimum Gasteiger partial charge on any atom is -0.480 e.